The maximum Gasteiger partial charge on any atom is 0.234 e. The maximum absolute atomic E-state index is 14.3. The number of aromatic nitrogens is 3. The third-order valence-electron chi connectivity index (χ3n) is 5.23. The second kappa shape index (κ2) is 9.43. The first kappa shape index (κ1) is 20.6. The molecule has 0 saturated carbocycles. The molecule has 0 spiro atoms. The van der Waals surface area contributed by atoms with Crippen LogP contribution in [0.2, 0.25) is 0 Å². The lowest BCUT2D eigenvalue weighted by molar-refractivity contribution is -0.113. The summed E-state index contributed by atoms with van der Waals surface area (Å²) in [4.78, 5) is 12.4. The zero-order valence-electron chi connectivity index (χ0n) is 17.0. The van der Waals surface area contributed by atoms with E-state index in [-0.39, 0.29) is 17.3 Å². The van der Waals surface area contributed by atoms with Crippen molar-refractivity contribution in [2.24, 2.45) is 0 Å². The second-order valence-corrected chi connectivity index (χ2v) is 8.61. The molecule has 0 saturated heterocycles. The normalized spacial score (nSPS) is 13.5. The number of anilines is 1. The molecule has 1 N–H and O–H groups in total. The van der Waals surface area contributed by atoms with Gasteiger partial charge in [0.2, 0.25) is 5.91 Å². The summed E-state index contributed by atoms with van der Waals surface area (Å²) < 4.78 is 16.5. The Bertz CT molecular complexity index is 1030. The van der Waals surface area contributed by atoms with Gasteiger partial charge in [0, 0.05) is 24.3 Å². The van der Waals surface area contributed by atoms with Crippen LogP contribution in [0.5, 0.6) is 0 Å². The number of fused-ring (bicyclic) bond motifs is 1. The van der Waals surface area contributed by atoms with Crippen LogP contribution in [0.3, 0.4) is 0 Å². The highest BCUT2D eigenvalue weighted by molar-refractivity contribution is 7.99. The minimum atomic E-state index is -0.453. The molecule has 1 aliphatic heterocycles. The van der Waals surface area contributed by atoms with Gasteiger partial charge in [-0.05, 0) is 43.5 Å². The zero-order chi connectivity index (χ0) is 20.9. The first-order valence-electron chi connectivity index (χ1n) is 10.3. The van der Waals surface area contributed by atoms with Crippen molar-refractivity contribution in [1.82, 2.24) is 14.8 Å². The summed E-state index contributed by atoms with van der Waals surface area (Å²) in [5.74, 6) is 2.04. The number of nitrogens with zero attached hydrogens (tertiary/aromatic N) is 3. The van der Waals surface area contributed by atoms with Crippen LogP contribution in [0.4, 0.5) is 10.1 Å². The van der Waals surface area contributed by atoms with Crippen LogP contribution in [0.15, 0.2) is 42.5 Å². The minimum Gasteiger partial charge on any atom is -0.323 e. The van der Waals surface area contributed by atoms with Crippen molar-refractivity contribution in [2.45, 2.75) is 44.9 Å². The number of aryl methyl sites for hydroxylation is 2. The largest absolute Gasteiger partial charge is 0.323 e. The summed E-state index contributed by atoms with van der Waals surface area (Å²) in [6.45, 7) is 2.91. The van der Waals surface area contributed by atoms with E-state index >= 15 is 0 Å². The SMILES string of the molecule is Cc1ccc(CSCC(=O)Nc2cc(-c3nnc4n3CCCCC4)ccc2F)cc1. The molecule has 5 nitrogen and oxygen atoms in total. The third kappa shape index (κ3) is 4.90. The van der Waals surface area contributed by atoms with Gasteiger partial charge < -0.3 is 9.88 Å². The van der Waals surface area contributed by atoms with Crippen LogP contribution in [-0.2, 0) is 23.5 Å². The van der Waals surface area contributed by atoms with Crippen molar-refractivity contribution < 1.29 is 9.18 Å². The van der Waals surface area contributed by atoms with Gasteiger partial charge in [-0.3, -0.25) is 4.79 Å². The monoisotopic (exact) mass is 424 g/mol. The van der Waals surface area contributed by atoms with Crippen molar-refractivity contribution in [2.75, 3.05) is 11.1 Å². The Hall–Kier alpha value is -2.67. The molecule has 0 fully saturated rings. The van der Waals surface area contributed by atoms with Crippen molar-refractivity contribution in [3.63, 3.8) is 0 Å². The number of rotatable bonds is 6. The van der Waals surface area contributed by atoms with Crippen LogP contribution in [0.25, 0.3) is 11.4 Å². The molecule has 2 aromatic carbocycles. The first-order valence-corrected chi connectivity index (χ1v) is 11.4. The van der Waals surface area contributed by atoms with E-state index in [0.717, 1.165) is 48.8 Å². The molecule has 0 atom stereocenters. The van der Waals surface area contributed by atoms with E-state index in [2.05, 4.69) is 44.3 Å². The third-order valence-corrected chi connectivity index (χ3v) is 6.23. The van der Waals surface area contributed by atoms with Crippen LogP contribution in [-0.4, -0.2) is 26.4 Å². The van der Waals surface area contributed by atoms with Gasteiger partial charge in [0.15, 0.2) is 5.82 Å². The molecule has 156 valence electrons. The molecule has 7 heteroatoms. The standard InChI is InChI=1S/C23H25FN4OS/c1-16-6-8-17(9-7-16)14-30-15-22(29)25-20-13-18(10-11-19(20)24)23-27-26-21-5-3-2-4-12-28(21)23/h6-11,13H,2-5,12,14-15H2,1H3,(H,25,29). The Morgan fingerprint density at radius 3 is 2.80 bits per heavy atom. The predicted octanol–water partition coefficient (Wildman–Crippen LogP) is 4.99. The number of carbonyl (C=O) groups is 1. The second-order valence-electron chi connectivity index (χ2n) is 7.62. The Kier molecular flexibility index (Phi) is 6.47. The van der Waals surface area contributed by atoms with E-state index in [4.69, 9.17) is 0 Å². The molecular formula is C23H25FN4OS. The smallest absolute Gasteiger partial charge is 0.234 e. The number of hydrogen-bond donors (Lipinski definition) is 1. The molecule has 0 radical (unpaired) electrons. The fourth-order valence-electron chi connectivity index (χ4n) is 3.59. The van der Waals surface area contributed by atoms with E-state index in [9.17, 15) is 9.18 Å². The average molecular weight is 425 g/mol. The van der Waals surface area contributed by atoms with Crippen molar-refractivity contribution in [1.29, 1.82) is 0 Å². The summed E-state index contributed by atoms with van der Waals surface area (Å²) in [6, 6.07) is 13.0. The molecule has 1 aromatic heterocycles. The van der Waals surface area contributed by atoms with Crippen LogP contribution in [0.1, 0.15) is 36.2 Å². The van der Waals surface area contributed by atoms with Crippen LogP contribution >= 0.6 is 11.8 Å². The topological polar surface area (TPSA) is 59.8 Å². The lowest BCUT2D eigenvalue weighted by atomic mass is 10.1. The highest BCUT2D eigenvalue weighted by Crippen LogP contribution is 2.27. The molecule has 0 unspecified atom stereocenters. The maximum atomic E-state index is 14.3. The fourth-order valence-corrected chi connectivity index (χ4v) is 4.38. The Labute approximate surface area is 180 Å². The van der Waals surface area contributed by atoms with Gasteiger partial charge in [0.25, 0.3) is 0 Å². The Morgan fingerprint density at radius 1 is 1.13 bits per heavy atom. The van der Waals surface area contributed by atoms with E-state index in [0.29, 0.717) is 0 Å². The molecule has 30 heavy (non-hydrogen) atoms. The van der Waals surface area contributed by atoms with Crippen molar-refractivity contribution in [3.8, 4) is 11.4 Å². The van der Waals surface area contributed by atoms with Crippen LogP contribution in [0, 0.1) is 12.7 Å². The summed E-state index contributed by atoms with van der Waals surface area (Å²) in [6.07, 6.45) is 4.29. The minimum absolute atomic E-state index is 0.180. The van der Waals surface area contributed by atoms with Crippen molar-refractivity contribution in [3.05, 3.63) is 65.2 Å². The van der Waals surface area contributed by atoms with E-state index < -0.39 is 5.82 Å². The molecule has 0 bridgehead atoms. The number of halogens is 1. The molecule has 0 aliphatic carbocycles. The van der Waals surface area contributed by atoms with E-state index in [1.54, 1.807) is 12.1 Å². The number of carbonyl (C=O) groups excluding carboxylic acids is 1. The van der Waals surface area contributed by atoms with Gasteiger partial charge in [-0.15, -0.1) is 22.0 Å². The van der Waals surface area contributed by atoms with Gasteiger partial charge >= 0.3 is 0 Å². The number of benzene rings is 2. The Balaban J connectivity index is 1.41. The highest BCUT2D eigenvalue weighted by atomic mass is 32.2. The molecule has 4 rings (SSSR count). The molecular weight excluding hydrogens is 399 g/mol. The number of amides is 1. The zero-order valence-corrected chi connectivity index (χ0v) is 17.8. The quantitative estimate of drug-likeness (QED) is 0.606. The molecule has 3 aromatic rings. The summed E-state index contributed by atoms with van der Waals surface area (Å²) in [5.41, 5.74) is 3.32. The molecule has 2 heterocycles. The van der Waals surface area contributed by atoms with Crippen molar-refractivity contribution >= 4 is 23.4 Å². The first-order chi connectivity index (χ1) is 14.6. The van der Waals surface area contributed by atoms with Gasteiger partial charge in [0.1, 0.15) is 11.6 Å². The van der Waals surface area contributed by atoms with Gasteiger partial charge in [0.05, 0.1) is 11.4 Å². The lowest BCUT2D eigenvalue weighted by Gasteiger charge is -2.10. The summed E-state index contributed by atoms with van der Waals surface area (Å²) >= 11 is 1.51. The van der Waals surface area contributed by atoms with Gasteiger partial charge in [-0.25, -0.2) is 4.39 Å². The predicted molar refractivity (Wildman–Crippen MR) is 119 cm³/mol. The van der Waals surface area contributed by atoms with Crippen LogP contribution < -0.4 is 5.32 Å². The van der Waals surface area contributed by atoms with Gasteiger partial charge in [-0.2, -0.15) is 0 Å². The summed E-state index contributed by atoms with van der Waals surface area (Å²) in [5, 5.41) is 11.3. The molecule has 1 amide bonds. The van der Waals surface area contributed by atoms with E-state index in [1.165, 1.54) is 35.4 Å². The Morgan fingerprint density at radius 2 is 1.97 bits per heavy atom. The number of nitrogens with one attached hydrogen (secondary N) is 1. The number of hydrogen-bond acceptors (Lipinski definition) is 4. The van der Waals surface area contributed by atoms with E-state index in [1.807, 2.05) is 6.92 Å². The lowest BCUT2D eigenvalue weighted by Crippen LogP contribution is -2.15. The molecule has 1 aliphatic rings. The average Bonchev–Trinajstić information content (AvgIpc) is 2.99. The van der Waals surface area contributed by atoms with Gasteiger partial charge in [-0.1, -0.05) is 36.2 Å². The summed E-state index contributed by atoms with van der Waals surface area (Å²) in [7, 11) is 0. The number of thioether (sulfide) groups is 1. The highest BCUT2D eigenvalue weighted by Gasteiger charge is 2.17. The fraction of sp³-hybridized carbons (Fsp3) is 0.348.